The predicted octanol–water partition coefficient (Wildman–Crippen LogP) is 5.62. The van der Waals surface area contributed by atoms with Crippen molar-refractivity contribution in [2.45, 2.75) is 142 Å². The number of Topliss-reactive ketones (excluding diaryl/α,β-unsaturated/α-hetero) is 2. The quantitative estimate of drug-likeness (QED) is 0.131. The van der Waals surface area contributed by atoms with Crippen LogP contribution in [0.25, 0.3) is 0 Å². The van der Waals surface area contributed by atoms with E-state index in [0.717, 1.165) is 13.8 Å². The molecular formula is C55H65NO16. The van der Waals surface area contributed by atoms with Gasteiger partial charge in [0, 0.05) is 61.3 Å². The highest BCUT2D eigenvalue weighted by Gasteiger charge is 2.79. The molecule has 4 aliphatic rings. The van der Waals surface area contributed by atoms with Gasteiger partial charge in [0.25, 0.3) is 5.91 Å². The van der Waals surface area contributed by atoms with Crippen molar-refractivity contribution in [2.24, 2.45) is 34.0 Å². The highest BCUT2D eigenvalue weighted by molar-refractivity contribution is 5.96. The Morgan fingerprint density at radius 3 is 1.93 bits per heavy atom. The molecule has 13 atom stereocenters. The molecule has 1 unspecified atom stereocenters. The largest absolute Gasteiger partial charge is 0.459 e. The van der Waals surface area contributed by atoms with Gasteiger partial charge in [-0.2, -0.15) is 0 Å². The van der Waals surface area contributed by atoms with Crippen LogP contribution in [0.1, 0.15) is 120 Å². The average molecular weight is 996 g/mol. The number of nitrogens with one attached hydrogen (secondary N) is 1. The summed E-state index contributed by atoms with van der Waals surface area (Å²) in [6.45, 7) is 13.2. The fourth-order valence-electron chi connectivity index (χ4n) is 11.7. The number of carbonyl (C=O) groups is 8. The summed E-state index contributed by atoms with van der Waals surface area (Å²) in [6, 6.07) is 22.7. The molecule has 3 saturated carbocycles. The Kier molecular flexibility index (Phi) is 15.1. The molecule has 386 valence electrons. The number of hydrogen-bond acceptors (Lipinski definition) is 16. The van der Waals surface area contributed by atoms with Gasteiger partial charge in [0.2, 0.25) is 6.10 Å². The maximum atomic E-state index is 15.8. The van der Waals surface area contributed by atoms with Crippen LogP contribution in [0, 0.1) is 34.0 Å². The summed E-state index contributed by atoms with van der Waals surface area (Å²) in [7, 11) is 0. The molecule has 1 aliphatic heterocycles. The minimum atomic E-state index is -2.42. The minimum Gasteiger partial charge on any atom is -0.459 e. The van der Waals surface area contributed by atoms with Crippen LogP contribution in [-0.4, -0.2) is 112 Å². The Balaban J connectivity index is 1.39. The van der Waals surface area contributed by atoms with Gasteiger partial charge in [-0.3, -0.25) is 28.8 Å². The standard InChI is InChI=1S/C55H65NO16/c1-30-36(69-50(65)44(70-40(61)26-25-37(59)51(4,5)6)42(33-19-13-10-14-20-33)56-48(63)34-21-15-11-16-22-34)28-55(66)47(71-49(64)35-23-17-12-18-24-35)45-53(9,38(60)27-39-54(45,29-67-39)72-32(3)58)46(62)43(68-31(2)57)41(30)52(55,7)8/h10-24,30,36,38-39,41-45,47,60,66H,25-29H2,1-9H3,(H,56,63)/t30?,36-,38-,39+,41-,42-,43+,44+,45+,47+,53+,54+,55+/m0/s1. The van der Waals surface area contributed by atoms with Crippen LogP contribution in [0.4, 0.5) is 0 Å². The highest BCUT2D eigenvalue weighted by atomic mass is 16.6. The second-order valence-corrected chi connectivity index (χ2v) is 21.5. The third kappa shape index (κ3) is 9.82. The molecule has 17 heteroatoms. The smallest absolute Gasteiger partial charge is 0.350 e. The molecule has 3 aliphatic carbocycles. The van der Waals surface area contributed by atoms with Crippen molar-refractivity contribution < 1.29 is 77.0 Å². The van der Waals surface area contributed by atoms with Gasteiger partial charge < -0.3 is 44.0 Å². The van der Waals surface area contributed by atoms with E-state index in [2.05, 4.69) is 5.32 Å². The van der Waals surface area contributed by atoms with Crippen LogP contribution in [0.2, 0.25) is 0 Å². The third-order valence-corrected chi connectivity index (χ3v) is 15.7. The van der Waals surface area contributed by atoms with Gasteiger partial charge in [-0.05, 0) is 36.8 Å². The summed E-state index contributed by atoms with van der Waals surface area (Å²) >= 11 is 0. The monoisotopic (exact) mass is 995 g/mol. The van der Waals surface area contributed by atoms with E-state index in [9.17, 15) is 39.0 Å². The zero-order valence-corrected chi connectivity index (χ0v) is 42.1. The minimum absolute atomic E-state index is 0.0492. The van der Waals surface area contributed by atoms with Crippen molar-refractivity contribution in [3.8, 4) is 0 Å². The summed E-state index contributed by atoms with van der Waals surface area (Å²) in [5, 5.41) is 29.0. The highest BCUT2D eigenvalue weighted by Crippen LogP contribution is 2.65. The molecule has 7 rings (SSSR count). The molecule has 4 fully saturated rings. The van der Waals surface area contributed by atoms with E-state index in [4.69, 9.17) is 28.4 Å². The molecule has 3 aromatic carbocycles. The maximum Gasteiger partial charge on any atom is 0.350 e. The van der Waals surface area contributed by atoms with Crippen molar-refractivity contribution in [1.29, 1.82) is 0 Å². The molecule has 2 bridgehead atoms. The van der Waals surface area contributed by atoms with E-state index in [0.29, 0.717) is 5.56 Å². The Labute approximate surface area is 418 Å². The van der Waals surface area contributed by atoms with E-state index in [1.165, 1.54) is 19.1 Å². The summed E-state index contributed by atoms with van der Waals surface area (Å²) < 4.78 is 36.9. The zero-order valence-electron chi connectivity index (χ0n) is 42.1. The predicted molar refractivity (Wildman–Crippen MR) is 255 cm³/mol. The van der Waals surface area contributed by atoms with E-state index in [-0.39, 0.29) is 36.4 Å². The van der Waals surface area contributed by atoms with Gasteiger partial charge in [-0.25, -0.2) is 9.59 Å². The lowest BCUT2D eigenvalue weighted by atomic mass is 9.42. The van der Waals surface area contributed by atoms with E-state index < -0.39 is 142 Å². The van der Waals surface area contributed by atoms with Gasteiger partial charge in [-0.1, -0.05) is 108 Å². The van der Waals surface area contributed by atoms with E-state index in [1.807, 2.05) is 0 Å². The summed E-state index contributed by atoms with van der Waals surface area (Å²) in [6.07, 6.45) is -11.2. The number of hydrogen-bond donors (Lipinski definition) is 3. The first-order valence-electron chi connectivity index (χ1n) is 24.3. The molecule has 1 saturated heterocycles. The number of ether oxygens (including phenoxy) is 6. The Bertz CT molecular complexity index is 2560. The number of benzene rings is 3. The third-order valence-electron chi connectivity index (χ3n) is 15.7. The number of fused-ring (bicyclic) bond motifs is 5. The van der Waals surface area contributed by atoms with Crippen LogP contribution in [0.5, 0.6) is 0 Å². The second-order valence-electron chi connectivity index (χ2n) is 21.5. The fourth-order valence-corrected chi connectivity index (χ4v) is 11.7. The van der Waals surface area contributed by atoms with Gasteiger partial charge in [0.1, 0.15) is 35.7 Å². The number of aliphatic hydroxyl groups excluding tert-OH is 1. The van der Waals surface area contributed by atoms with E-state index in [1.54, 1.807) is 120 Å². The van der Waals surface area contributed by atoms with Gasteiger partial charge >= 0.3 is 29.8 Å². The van der Waals surface area contributed by atoms with Crippen molar-refractivity contribution in [1.82, 2.24) is 5.32 Å². The van der Waals surface area contributed by atoms with Crippen molar-refractivity contribution >= 4 is 47.3 Å². The van der Waals surface area contributed by atoms with Gasteiger partial charge in [-0.15, -0.1) is 0 Å². The summed E-state index contributed by atoms with van der Waals surface area (Å²) in [4.78, 5) is 113. The number of aliphatic hydroxyl groups is 2. The lowest BCUT2D eigenvalue weighted by Gasteiger charge is -2.69. The molecular weight excluding hydrogens is 931 g/mol. The average Bonchev–Trinajstić information content (AvgIpc) is 3.32. The number of esters is 5. The molecule has 3 N–H and O–H groups in total. The van der Waals surface area contributed by atoms with Crippen LogP contribution < -0.4 is 5.32 Å². The number of rotatable bonds is 14. The Hall–Kier alpha value is -6.30. The van der Waals surface area contributed by atoms with Crippen molar-refractivity contribution in [2.75, 3.05) is 6.61 Å². The summed E-state index contributed by atoms with van der Waals surface area (Å²) in [5.41, 5.74) is -8.15. The molecule has 17 nitrogen and oxygen atoms in total. The first-order chi connectivity index (χ1) is 33.8. The SMILES string of the molecule is CC(=O)O[C@H]1C(=O)[C@]2(C)[C@@H](O)C[C@H]3OC[C@]3(OC(C)=O)[C@@H]2[C@@H](OC(=O)c2ccccc2)[C@]2(O)C[C@H](OC(=O)[C@H](OC(=O)CCC(=O)C(C)(C)C)[C@@H](NC(=O)c3ccccc3)c3ccccc3)C(C)[C@@H]1C2(C)C. The van der Waals surface area contributed by atoms with Crippen LogP contribution in [0.15, 0.2) is 91.0 Å². The molecule has 3 aromatic rings. The lowest BCUT2D eigenvalue weighted by Crippen LogP contribution is -2.83. The summed E-state index contributed by atoms with van der Waals surface area (Å²) in [5.74, 6) is -10.4. The molecule has 0 aromatic heterocycles. The molecule has 0 spiro atoms. The van der Waals surface area contributed by atoms with Crippen molar-refractivity contribution in [3.05, 3.63) is 108 Å². The van der Waals surface area contributed by atoms with E-state index >= 15 is 9.59 Å². The Morgan fingerprint density at radius 2 is 1.39 bits per heavy atom. The molecule has 1 heterocycles. The van der Waals surface area contributed by atoms with Crippen molar-refractivity contribution in [3.63, 3.8) is 0 Å². The maximum absolute atomic E-state index is 15.8. The number of carbonyl (C=O) groups excluding carboxylic acids is 8. The van der Waals surface area contributed by atoms with Gasteiger partial charge in [0.05, 0.1) is 36.0 Å². The fraction of sp³-hybridized carbons (Fsp3) is 0.527. The first-order valence-corrected chi connectivity index (χ1v) is 24.3. The molecule has 1 amide bonds. The molecule has 72 heavy (non-hydrogen) atoms. The molecule has 0 radical (unpaired) electrons. The van der Waals surface area contributed by atoms with Gasteiger partial charge in [0.15, 0.2) is 17.5 Å². The normalized spacial score (nSPS) is 31.2. The van der Waals surface area contributed by atoms with Crippen LogP contribution in [-0.2, 0) is 57.2 Å². The topological polar surface area (TPSA) is 244 Å². The number of ketones is 2. The second kappa shape index (κ2) is 20.3. The Morgan fingerprint density at radius 1 is 0.806 bits per heavy atom. The number of amides is 1. The van der Waals surface area contributed by atoms with Crippen LogP contribution >= 0.6 is 0 Å². The lowest BCUT2D eigenvalue weighted by molar-refractivity contribution is -0.355. The van der Waals surface area contributed by atoms with Crippen LogP contribution in [0.3, 0.4) is 0 Å². The first kappa shape index (κ1) is 53.5. The zero-order chi connectivity index (χ0) is 52.7.